The van der Waals surface area contributed by atoms with Gasteiger partial charge in [0, 0.05) is 61.4 Å². The van der Waals surface area contributed by atoms with Crippen LogP contribution in [-0.4, -0.2) is 64.7 Å². The number of ether oxygens (including phenoxy) is 2. The monoisotopic (exact) mass is 717 g/mol. The van der Waals surface area contributed by atoms with Crippen LogP contribution in [0.15, 0.2) is 71.4 Å². The number of methoxy groups -OCH3 is 1. The Morgan fingerprint density at radius 2 is 2.02 bits per heavy atom. The van der Waals surface area contributed by atoms with Crippen molar-refractivity contribution in [2.75, 3.05) is 37.5 Å². The first-order chi connectivity index (χ1) is 24.2. The number of benzene rings is 2. The van der Waals surface area contributed by atoms with Gasteiger partial charge in [-0.2, -0.15) is 0 Å². The minimum Gasteiger partial charge on any atom is -0.490 e. The van der Waals surface area contributed by atoms with Gasteiger partial charge < -0.3 is 14.4 Å². The second-order valence-corrected chi connectivity index (χ2v) is 16.5. The molecule has 2 bridgehead atoms. The second kappa shape index (κ2) is 14.8. The van der Waals surface area contributed by atoms with Gasteiger partial charge in [0.25, 0.3) is 5.91 Å². The van der Waals surface area contributed by atoms with Crippen molar-refractivity contribution in [3.8, 4) is 5.75 Å². The van der Waals surface area contributed by atoms with E-state index in [4.69, 9.17) is 21.1 Å². The molecule has 0 radical (unpaired) electrons. The number of aromatic nitrogens is 2. The minimum absolute atomic E-state index is 0.0188. The Balaban J connectivity index is 1.24. The van der Waals surface area contributed by atoms with E-state index >= 15 is 0 Å². The zero-order chi connectivity index (χ0) is 34.7. The van der Waals surface area contributed by atoms with Gasteiger partial charge in [-0.15, -0.1) is 4.36 Å². The number of nitrogens with one attached hydrogen (secondary N) is 1. The number of carbonyl (C=O) groups is 2. The summed E-state index contributed by atoms with van der Waals surface area (Å²) in [6.45, 7) is 2.01. The van der Waals surface area contributed by atoms with Gasteiger partial charge in [-0.25, -0.2) is 14.2 Å². The Morgan fingerprint density at radius 3 is 2.82 bits per heavy atom. The molecule has 1 unspecified atom stereocenters. The Bertz CT molecular complexity index is 1900. The van der Waals surface area contributed by atoms with Crippen LogP contribution in [0.2, 0.25) is 5.02 Å². The first-order valence-electron chi connectivity index (χ1n) is 17.6. The van der Waals surface area contributed by atoms with E-state index in [9.17, 15) is 13.8 Å². The minimum atomic E-state index is -3.43. The van der Waals surface area contributed by atoms with Crippen molar-refractivity contribution in [1.29, 1.82) is 0 Å². The van der Waals surface area contributed by atoms with Crippen molar-refractivity contribution >= 4 is 39.0 Å². The maximum absolute atomic E-state index is 14.2. The quantitative estimate of drug-likeness (QED) is 0.307. The lowest BCUT2D eigenvalue weighted by Crippen LogP contribution is -2.49. The van der Waals surface area contributed by atoms with Gasteiger partial charge >= 0.3 is 0 Å². The Morgan fingerprint density at radius 1 is 1.16 bits per heavy atom. The summed E-state index contributed by atoms with van der Waals surface area (Å²) in [5.74, 6) is 0.887. The van der Waals surface area contributed by atoms with Crippen molar-refractivity contribution in [3.05, 3.63) is 94.5 Å². The summed E-state index contributed by atoms with van der Waals surface area (Å²) in [4.78, 5) is 37.6. The van der Waals surface area contributed by atoms with E-state index in [0.717, 1.165) is 55.9 Å². The van der Waals surface area contributed by atoms with Gasteiger partial charge in [0.05, 0.1) is 24.2 Å². The molecule has 5 atom stereocenters. The molecule has 3 aromatic rings. The molecule has 2 aliphatic heterocycles. The molecule has 12 heteroatoms. The zero-order valence-corrected chi connectivity index (χ0v) is 30.0. The van der Waals surface area contributed by atoms with Crippen molar-refractivity contribution < 1.29 is 23.3 Å². The molecule has 1 spiro atoms. The van der Waals surface area contributed by atoms with E-state index in [1.807, 2.05) is 18.2 Å². The molecule has 2 aromatic carbocycles. The van der Waals surface area contributed by atoms with Crippen LogP contribution in [0.4, 0.5) is 5.69 Å². The van der Waals surface area contributed by atoms with Crippen molar-refractivity contribution in [3.63, 3.8) is 0 Å². The number of aryl methyl sites for hydroxylation is 2. The molecule has 1 saturated carbocycles. The van der Waals surface area contributed by atoms with E-state index in [2.05, 4.69) is 48.2 Å². The molecule has 264 valence electrons. The molecule has 3 heterocycles. The number of carbonyl (C=O) groups excluding carboxylic acids is 2. The predicted octanol–water partition coefficient (Wildman–Crippen LogP) is 6.27. The molecule has 2 aliphatic carbocycles. The van der Waals surface area contributed by atoms with Gasteiger partial charge in [0.1, 0.15) is 21.5 Å². The molecule has 1 aromatic heterocycles. The van der Waals surface area contributed by atoms with E-state index < -0.39 is 21.7 Å². The summed E-state index contributed by atoms with van der Waals surface area (Å²) < 4.78 is 33.7. The second-order valence-electron chi connectivity index (χ2n) is 14.0. The highest BCUT2D eigenvalue weighted by atomic mass is 35.5. The number of anilines is 1. The third kappa shape index (κ3) is 7.45. The molecular weight excluding hydrogens is 674 g/mol. The highest BCUT2D eigenvalue weighted by Crippen LogP contribution is 2.47. The number of hydrogen-bond acceptors (Lipinski definition) is 8. The largest absolute Gasteiger partial charge is 0.490 e. The Hall–Kier alpha value is -3.80. The number of nitrogens with zero attached hydrogens (tertiary/aromatic N) is 4. The first kappa shape index (κ1) is 34.6. The van der Waals surface area contributed by atoms with E-state index in [1.54, 1.807) is 31.6 Å². The maximum Gasteiger partial charge on any atom is 0.286 e. The fraction of sp³-hybridized carbons (Fsp3) is 0.474. The third-order valence-corrected chi connectivity index (χ3v) is 12.8. The molecular formula is C38H44ClN5O5S. The van der Waals surface area contributed by atoms with Crippen LogP contribution in [0.3, 0.4) is 0 Å². The van der Waals surface area contributed by atoms with E-state index in [1.165, 1.54) is 11.1 Å². The number of amides is 2. The van der Waals surface area contributed by atoms with Crippen LogP contribution in [0.25, 0.3) is 0 Å². The van der Waals surface area contributed by atoms with Gasteiger partial charge in [-0.05, 0) is 104 Å². The number of allylic oxidation sites excluding steroid dienone is 1. The summed E-state index contributed by atoms with van der Waals surface area (Å²) in [5.41, 5.74) is 3.41. The topological polar surface area (TPSA) is 123 Å². The number of rotatable bonds is 5. The highest BCUT2D eigenvalue weighted by Gasteiger charge is 2.44. The highest BCUT2D eigenvalue weighted by molar-refractivity contribution is 7.92. The average Bonchev–Trinajstić information content (AvgIpc) is 3.25. The van der Waals surface area contributed by atoms with Crippen LogP contribution < -0.4 is 14.4 Å². The maximum atomic E-state index is 14.2. The zero-order valence-electron chi connectivity index (χ0n) is 28.4. The van der Waals surface area contributed by atoms with E-state index in [-0.39, 0.29) is 30.1 Å². The number of halogens is 1. The number of fused-ring (bicyclic) bond motifs is 4. The molecule has 4 aliphatic rings. The van der Waals surface area contributed by atoms with Gasteiger partial charge in [0.2, 0.25) is 5.91 Å². The average molecular weight is 718 g/mol. The molecule has 0 saturated heterocycles. The van der Waals surface area contributed by atoms with Crippen molar-refractivity contribution in [2.45, 2.75) is 69.3 Å². The third-order valence-electron chi connectivity index (χ3n) is 10.7. The Labute approximate surface area is 299 Å². The van der Waals surface area contributed by atoms with Crippen LogP contribution in [0.1, 0.15) is 72.3 Å². The molecule has 1 N–H and O–H groups in total. The van der Waals surface area contributed by atoms with Gasteiger partial charge in [-0.3, -0.25) is 14.3 Å². The molecule has 2 amide bonds. The smallest absolute Gasteiger partial charge is 0.286 e. The summed E-state index contributed by atoms with van der Waals surface area (Å²) in [6.07, 6.45) is 13.9. The van der Waals surface area contributed by atoms with Crippen LogP contribution in [0, 0.1) is 11.8 Å². The summed E-state index contributed by atoms with van der Waals surface area (Å²) in [6, 6.07) is 13.3. The normalized spacial score (nSPS) is 28.6. The predicted molar refractivity (Wildman–Crippen MR) is 194 cm³/mol. The van der Waals surface area contributed by atoms with Crippen LogP contribution in [-0.2, 0) is 37.7 Å². The van der Waals surface area contributed by atoms with Gasteiger partial charge in [0.15, 0.2) is 0 Å². The fourth-order valence-corrected chi connectivity index (χ4v) is 9.85. The fourth-order valence-electron chi connectivity index (χ4n) is 8.03. The standard InChI is InChI=1S/C38H44ClN5O5S/c1-48-33-8-3-2-4-20-50(47,42-36(45)16-15-35-40-18-6-19-41-35)43-37(46)27-10-14-34-32(22-27)44(23-28-9-12-30(28)33)24-38(25-49-34)17-5-7-26-21-29(39)11-13-31(26)38/h3,6,8,10-11,13-14,18-19,21-22,28,30,33H,2,4-5,7,9,12,15-17,20,23-25H2,1H3,(H,42,43,45,46,47)/b8-3-/t28-,30+,33-,38-,50?/m0/s1. The molecule has 10 nitrogen and oxygen atoms in total. The van der Waals surface area contributed by atoms with Crippen LogP contribution in [0.5, 0.6) is 5.75 Å². The first-order valence-corrected chi connectivity index (χ1v) is 19.7. The Kier molecular flexibility index (Phi) is 10.3. The lowest BCUT2D eigenvalue weighted by Gasteiger charge is -2.46. The van der Waals surface area contributed by atoms with E-state index in [0.29, 0.717) is 48.4 Å². The SMILES string of the molecule is CO[C@H]1/C=C\CCCS(=O)(NC(=O)CCc2ncccn2)=NC(=O)c2ccc3c(c2)N(C[C@@H]2CC[C@H]21)C[C@@]1(CCCc2cc(Cl)ccc21)CO3. The molecule has 7 rings (SSSR count). The lowest BCUT2D eigenvalue weighted by molar-refractivity contribution is -0.119. The van der Waals surface area contributed by atoms with Crippen LogP contribution >= 0.6 is 11.6 Å². The molecule has 50 heavy (non-hydrogen) atoms. The lowest BCUT2D eigenvalue weighted by atomic mass is 9.68. The van der Waals surface area contributed by atoms with Crippen molar-refractivity contribution in [2.24, 2.45) is 16.2 Å². The number of hydrogen-bond donors (Lipinski definition) is 1. The van der Waals surface area contributed by atoms with Crippen molar-refractivity contribution in [1.82, 2.24) is 14.7 Å². The summed E-state index contributed by atoms with van der Waals surface area (Å²) >= 11 is 6.45. The summed E-state index contributed by atoms with van der Waals surface area (Å²) in [5, 5.41) is 0.740. The summed E-state index contributed by atoms with van der Waals surface area (Å²) in [7, 11) is -1.67. The molecule has 1 fully saturated rings. The van der Waals surface area contributed by atoms with Gasteiger partial charge in [-0.1, -0.05) is 29.8 Å².